The molecule has 1 aliphatic carbocycles. The fraction of sp³-hybridized carbons (Fsp3) is 1.00. The molecule has 47 heavy (non-hydrogen) atoms. The molecule has 0 aromatic heterocycles. The van der Waals surface area contributed by atoms with Gasteiger partial charge in [-0.3, -0.25) is 9.80 Å². The lowest BCUT2D eigenvalue weighted by molar-refractivity contribution is -0.0179. The Kier molecular flexibility index (Phi) is 22.5. The van der Waals surface area contributed by atoms with Gasteiger partial charge in [0.2, 0.25) is 0 Å². The Bertz CT molecular complexity index is 753. The summed E-state index contributed by atoms with van der Waals surface area (Å²) in [6, 6.07) is 3.01. The second-order valence-electron chi connectivity index (χ2n) is 20.8. The van der Waals surface area contributed by atoms with Crippen molar-refractivity contribution in [2.75, 3.05) is 20.6 Å². The van der Waals surface area contributed by atoms with Gasteiger partial charge in [-0.2, -0.15) is 0 Å². The second kappa shape index (κ2) is 20.7. The maximum atomic E-state index is 2.76. The molecular formula is C44H97N3. The van der Waals surface area contributed by atoms with Crippen LogP contribution >= 0.6 is 0 Å². The molecule has 0 unspecified atom stereocenters. The number of likely N-dealkylation sites (tertiary alicyclic amines) is 2. The maximum absolute atomic E-state index is 2.76. The molecule has 0 amide bonds. The number of nitrogens with zero attached hydrogens (tertiary/aromatic N) is 3. The maximum Gasteiger partial charge on any atom is 0.0194 e. The van der Waals surface area contributed by atoms with E-state index in [1.54, 1.807) is 0 Å². The summed E-state index contributed by atoms with van der Waals surface area (Å²) in [6.07, 6.45) is 7.97. The van der Waals surface area contributed by atoms with Gasteiger partial charge in [-0.1, -0.05) is 130 Å². The lowest BCUT2D eigenvalue weighted by atomic mass is 9.70. The van der Waals surface area contributed by atoms with Crippen LogP contribution in [0.2, 0.25) is 0 Å². The molecule has 0 spiro atoms. The van der Waals surface area contributed by atoms with Crippen molar-refractivity contribution in [2.45, 2.75) is 240 Å². The normalized spacial score (nSPS) is 26.3. The van der Waals surface area contributed by atoms with E-state index < -0.39 is 0 Å². The Morgan fingerprint density at radius 1 is 0.660 bits per heavy atom. The predicted octanol–water partition coefficient (Wildman–Crippen LogP) is 13.5. The molecule has 3 nitrogen and oxygen atoms in total. The highest BCUT2D eigenvalue weighted by Gasteiger charge is 2.69. The summed E-state index contributed by atoms with van der Waals surface area (Å²) in [4.78, 5) is 7.70. The van der Waals surface area contributed by atoms with Crippen molar-refractivity contribution in [1.82, 2.24) is 14.7 Å². The van der Waals surface area contributed by atoms with Crippen molar-refractivity contribution in [2.24, 2.45) is 27.6 Å². The minimum absolute atomic E-state index is 0.227. The van der Waals surface area contributed by atoms with E-state index in [0.29, 0.717) is 33.2 Å². The molecule has 0 aromatic carbocycles. The summed E-state index contributed by atoms with van der Waals surface area (Å²) in [5, 5.41) is 0. The van der Waals surface area contributed by atoms with E-state index >= 15 is 0 Å². The summed E-state index contributed by atoms with van der Waals surface area (Å²) in [5.41, 5.74) is 2.28. The Morgan fingerprint density at radius 3 is 1.15 bits per heavy atom. The molecule has 2 saturated heterocycles. The lowest BCUT2D eigenvalue weighted by Crippen LogP contribution is -2.56. The summed E-state index contributed by atoms with van der Waals surface area (Å²) < 4.78 is 0. The molecule has 3 rings (SSSR count). The number of hydrogen-bond acceptors (Lipinski definition) is 3. The van der Waals surface area contributed by atoms with Crippen LogP contribution in [-0.4, -0.2) is 70.6 Å². The molecule has 288 valence electrons. The Hall–Kier alpha value is -0.120. The van der Waals surface area contributed by atoms with Crippen LogP contribution in [0.4, 0.5) is 0 Å². The Balaban J connectivity index is -0.000000563. The van der Waals surface area contributed by atoms with Crippen molar-refractivity contribution < 1.29 is 0 Å². The third-order valence-electron chi connectivity index (χ3n) is 10.3. The van der Waals surface area contributed by atoms with Crippen LogP contribution in [0.25, 0.3) is 0 Å². The van der Waals surface area contributed by atoms with Gasteiger partial charge in [-0.25, -0.2) is 0 Å². The minimum Gasteiger partial charge on any atom is -0.303 e. The van der Waals surface area contributed by atoms with Crippen LogP contribution in [0.15, 0.2) is 0 Å². The molecule has 0 bridgehead atoms. The van der Waals surface area contributed by atoms with E-state index in [1.807, 2.05) is 0 Å². The third kappa shape index (κ3) is 17.1. The van der Waals surface area contributed by atoms with E-state index in [1.165, 1.54) is 45.1 Å². The van der Waals surface area contributed by atoms with Crippen LogP contribution < -0.4 is 0 Å². The molecule has 3 heteroatoms. The van der Waals surface area contributed by atoms with E-state index in [9.17, 15) is 0 Å². The van der Waals surface area contributed by atoms with Crippen LogP contribution in [-0.2, 0) is 0 Å². The van der Waals surface area contributed by atoms with Crippen molar-refractivity contribution >= 4 is 0 Å². The fourth-order valence-electron chi connectivity index (χ4n) is 8.18. The van der Waals surface area contributed by atoms with Gasteiger partial charge in [0.05, 0.1) is 0 Å². The smallest absolute Gasteiger partial charge is 0.0194 e. The Morgan fingerprint density at radius 2 is 1.02 bits per heavy atom. The first kappa shape index (κ1) is 51.3. The van der Waals surface area contributed by atoms with Crippen LogP contribution in [0.5, 0.6) is 0 Å². The monoisotopic (exact) mass is 668 g/mol. The molecule has 3 fully saturated rings. The number of rotatable bonds is 1. The highest BCUT2D eigenvalue weighted by Crippen LogP contribution is 2.69. The molecule has 5 atom stereocenters. The third-order valence-corrected chi connectivity index (χ3v) is 10.3. The van der Waals surface area contributed by atoms with Crippen molar-refractivity contribution in [3.63, 3.8) is 0 Å². The highest BCUT2D eigenvalue weighted by atomic mass is 15.3. The lowest BCUT2D eigenvalue weighted by Gasteiger charge is -2.51. The number of hydrogen-bond donors (Lipinski definition) is 0. The van der Waals surface area contributed by atoms with E-state index in [2.05, 4.69) is 195 Å². The molecule has 0 aromatic rings. The van der Waals surface area contributed by atoms with Crippen LogP contribution in [0.1, 0.15) is 205 Å². The van der Waals surface area contributed by atoms with Crippen LogP contribution in [0.3, 0.4) is 0 Å². The van der Waals surface area contributed by atoms with Gasteiger partial charge in [-0.15, -0.1) is 0 Å². The van der Waals surface area contributed by atoms with Crippen molar-refractivity contribution in [1.29, 1.82) is 0 Å². The second-order valence-corrected chi connectivity index (χ2v) is 20.8. The quantitative estimate of drug-likeness (QED) is 0.275. The van der Waals surface area contributed by atoms with Gasteiger partial charge in [-0.05, 0) is 123 Å². The molecule has 0 N–H and O–H groups in total. The summed E-state index contributed by atoms with van der Waals surface area (Å²) in [7, 11) is 4.45. The zero-order chi connectivity index (χ0) is 38.6. The van der Waals surface area contributed by atoms with Gasteiger partial charge >= 0.3 is 0 Å². The zero-order valence-electron chi connectivity index (χ0n) is 38.2. The zero-order valence-corrected chi connectivity index (χ0v) is 38.2. The van der Waals surface area contributed by atoms with Gasteiger partial charge in [0.25, 0.3) is 0 Å². The van der Waals surface area contributed by atoms with Crippen molar-refractivity contribution in [3.05, 3.63) is 0 Å². The van der Waals surface area contributed by atoms with Gasteiger partial charge in [0.1, 0.15) is 0 Å². The molecule has 2 heterocycles. The fourth-order valence-corrected chi connectivity index (χ4v) is 8.18. The number of fused-ring (bicyclic) bond motifs is 1. The molecule has 0 radical (unpaired) electrons. The molecular weight excluding hydrogens is 571 g/mol. The van der Waals surface area contributed by atoms with Gasteiger partial charge in [0.15, 0.2) is 0 Å². The molecule has 1 saturated carbocycles. The first-order chi connectivity index (χ1) is 20.8. The largest absolute Gasteiger partial charge is 0.303 e. The van der Waals surface area contributed by atoms with Crippen LogP contribution in [0, 0.1) is 27.6 Å². The summed E-state index contributed by atoms with van der Waals surface area (Å²) in [6.45, 7) is 56.3. The highest BCUT2D eigenvalue weighted by molar-refractivity contribution is 5.22. The summed E-state index contributed by atoms with van der Waals surface area (Å²) >= 11 is 0. The molecule has 2 aliphatic heterocycles. The topological polar surface area (TPSA) is 9.72 Å². The standard InChI is InChI=1S/C14H27N.C14H31N.C7H15N.3C3H8/c1-10-8-14(12(2,3)4)9-11(14)15(10)13(5,6)7;1-12(2,3)11(13(4,5)6)15(10)14(7,8)9;1-6-4-5-8(3)7(6)2;3*1-3-2/h10-11H,8-9H2,1-7H3;11H,1-10H3;6-7H,4-5H2,1-3H3;3*3H2,1-2H3/t10-,11-,14-;;6-,7-;;;/m1.1.../s1. The minimum atomic E-state index is 0.227. The van der Waals surface area contributed by atoms with Gasteiger partial charge in [0, 0.05) is 35.2 Å². The molecule has 3 aliphatic rings. The van der Waals surface area contributed by atoms with Crippen molar-refractivity contribution in [3.8, 4) is 0 Å². The SMILES string of the molecule is CCC.CCC.CCC.CN(C(C(C)(C)C)C(C)(C)C)C(C)(C)C.C[C@@H]1CCN(C)[C@@H]1C.C[C@@H]1C[C@@]2(C(C)(C)C)C[C@H]2N1C(C)(C)C. The Labute approximate surface area is 302 Å². The average Bonchev–Trinajstić information content (AvgIpc) is 3.35. The predicted molar refractivity (Wildman–Crippen MR) is 220 cm³/mol. The van der Waals surface area contributed by atoms with E-state index in [0.717, 1.165) is 24.0 Å². The summed E-state index contributed by atoms with van der Waals surface area (Å²) in [5.74, 6) is 0.917. The number of piperidine rings is 1. The first-order valence-corrected chi connectivity index (χ1v) is 20.0. The van der Waals surface area contributed by atoms with E-state index in [4.69, 9.17) is 0 Å². The van der Waals surface area contributed by atoms with E-state index in [-0.39, 0.29) is 5.54 Å². The average molecular weight is 668 g/mol. The van der Waals surface area contributed by atoms with Gasteiger partial charge < -0.3 is 4.90 Å². The first-order valence-electron chi connectivity index (χ1n) is 20.0.